The van der Waals surface area contributed by atoms with E-state index in [1.165, 1.54) is 0 Å². The monoisotopic (exact) mass is 222 g/mol. The summed E-state index contributed by atoms with van der Waals surface area (Å²) in [5.74, 6) is -1.86. The van der Waals surface area contributed by atoms with Gasteiger partial charge in [-0.2, -0.15) is 0 Å². The van der Waals surface area contributed by atoms with Crippen molar-refractivity contribution < 1.29 is 24.9 Å². The fraction of sp³-hybridized carbons (Fsp3) is 0.750. The Labute approximate surface area is 88.1 Å². The summed E-state index contributed by atoms with van der Waals surface area (Å²) in [7, 11) is 3.43. The quantitative estimate of drug-likeness (QED) is 0.442. The van der Waals surface area contributed by atoms with E-state index in [-0.39, 0.29) is 19.6 Å². The summed E-state index contributed by atoms with van der Waals surface area (Å²) < 4.78 is 0. The molecule has 0 aliphatic rings. The number of carboxylic acids is 2. The van der Waals surface area contributed by atoms with Gasteiger partial charge in [-0.05, 0) is 20.5 Å². The number of hydrogen-bond acceptors (Lipinski definition) is 5. The number of likely N-dealkylation sites (N-methyl/N-ethyl adjacent to an activating group) is 1. The van der Waals surface area contributed by atoms with Crippen LogP contribution in [0.1, 0.15) is 6.42 Å². The molecular formula is C8H18N2O5. The number of nitrogens with two attached hydrogens (primary N) is 1. The zero-order valence-electron chi connectivity index (χ0n) is 8.88. The normalized spacial score (nSPS) is 11.5. The highest BCUT2D eigenvalue weighted by atomic mass is 16.4. The number of aliphatic carboxylic acids is 2. The highest BCUT2D eigenvalue weighted by Crippen LogP contribution is 1.83. The lowest BCUT2D eigenvalue weighted by Gasteiger charge is -2.01. The number of rotatable bonds is 5. The minimum Gasteiger partial charge on any atom is -0.480 e. The van der Waals surface area contributed by atoms with Crippen LogP contribution < -0.4 is 5.73 Å². The Balaban J connectivity index is 0. The van der Waals surface area contributed by atoms with E-state index in [1.807, 2.05) is 0 Å². The highest BCUT2D eigenvalue weighted by Gasteiger charge is 2.08. The summed E-state index contributed by atoms with van der Waals surface area (Å²) in [6, 6.07) is -0.917. The number of hydrogen-bond donors (Lipinski definition) is 4. The lowest BCUT2D eigenvalue weighted by molar-refractivity contribution is -0.139. The Morgan fingerprint density at radius 2 is 1.80 bits per heavy atom. The fourth-order valence-electron chi connectivity index (χ4n) is 0.533. The minimum absolute atomic E-state index is 0.111. The van der Waals surface area contributed by atoms with Gasteiger partial charge in [0.1, 0.15) is 6.04 Å². The van der Waals surface area contributed by atoms with Gasteiger partial charge < -0.3 is 21.1 Å². The van der Waals surface area contributed by atoms with Crippen LogP contribution in [0.4, 0.5) is 0 Å². The Morgan fingerprint density at radius 1 is 1.33 bits per heavy atom. The van der Waals surface area contributed by atoms with Gasteiger partial charge in [-0.15, -0.1) is 0 Å². The van der Waals surface area contributed by atoms with E-state index in [0.717, 1.165) is 0 Å². The molecule has 1 atom stereocenters. The summed E-state index contributed by atoms with van der Waals surface area (Å²) >= 11 is 0. The third kappa shape index (κ3) is 15.6. The SMILES string of the molecule is CN(C)CC(=O)O.NC(CCO)C(=O)O. The van der Waals surface area contributed by atoms with Crippen molar-refractivity contribution in [2.75, 3.05) is 27.2 Å². The molecule has 0 aliphatic carbocycles. The van der Waals surface area contributed by atoms with Crippen LogP contribution in [0.2, 0.25) is 0 Å². The molecule has 0 fully saturated rings. The van der Waals surface area contributed by atoms with Crippen LogP contribution in [0.3, 0.4) is 0 Å². The molecule has 0 radical (unpaired) electrons. The molecule has 0 bridgehead atoms. The first kappa shape index (κ1) is 16.3. The van der Waals surface area contributed by atoms with Crippen molar-refractivity contribution in [3.8, 4) is 0 Å². The van der Waals surface area contributed by atoms with Gasteiger partial charge >= 0.3 is 11.9 Å². The molecular weight excluding hydrogens is 204 g/mol. The Kier molecular flexibility index (Phi) is 10.2. The summed E-state index contributed by atoms with van der Waals surface area (Å²) in [6.07, 6.45) is 0.120. The van der Waals surface area contributed by atoms with Crippen LogP contribution >= 0.6 is 0 Å². The summed E-state index contributed by atoms with van der Waals surface area (Å²) in [5.41, 5.74) is 4.97. The van der Waals surface area contributed by atoms with Gasteiger partial charge in [0.05, 0.1) is 6.54 Å². The fourth-order valence-corrected chi connectivity index (χ4v) is 0.533. The van der Waals surface area contributed by atoms with Crippen LogP contribution in [0.5, 0.6) is 0 Å². The predicted octanol–water partition coefficient (Wildman–Crippen LogP) is -1.59. The number of carbonyl (C=O) groups is 2. The van der Waals surface area contributed by atoms with E-state index in [4.69, 9.17) is 21.1 Å². The molecule has 0 aromatic carbocycles. The molecule has 0 rings (SSSR count). The van der Waals surface area contributed by atoms with Crippen molar-refractivity contribution in [3.63, 3.8) is 0 Å². The van der Waals surface area contributed by atoms with Gasteiger partial charge in [0, 0.05) is 6.61 Å². The van der Waals surface area contributed by atoms with Gasteiger partial charge in [-0.25, -0.2) is 0 Å². The van der Waals surface area contributed by atoms with Crippen molar-refractivity contribution in [3.05, 3.63) is 0 Å². The molecule has 5 N–H and O–H groups in total. The molecule has 1 unspecified atom stereocenters. The average molecular weight is 222 g/mol. The van der Waals surface area contributed by atoms with Crippen molar-refractivity contribution in [2.45, 2.75) is 12.5 Å². The average Bonchev–Trinajstić information content (AvgIpc) is 2.02. The van der Waals surface area contributed by atoms with E-state index in [2.05, 4.69) is 0 Å². The molecule has 0 spiro atoms. The predicted molar refractivity (Wildman–Crippen MR) is 53.5 cm³/mol. The molecule has 0 amide bonds. The maximum absolute atomic E-state index is 9.85. The zero-order valence-corrected chi connectivity index (χ0v) is 8.88. The highest BCUT2D eigenvalue weighted by molar-refractivity contribution is 5.72. The standard InChI is InChI=1S/C4H9NO3.C4H9NO2/c5-3(1-2-6)4(7)8;1-5(2)3-4(6)7/h3,6H,1-2,5H2,(H,7,8);3H2,1-2H3,(H,6,7). The van der Waals surface area contributed by atoms with Crippen molar-refractivity contribution in [1.82, 2.24) is 4.90 Å². The van der Waals surface area contributed by atoms with Gasteiger partial charge in [0.25, 0.3) is 0 Å². The Hall–Kier alpha value is -1.18. The number of aliphatic hydroxyl groups excluding tert-OH is 1. The third-order valence-electron chi connectivity index (χ3n) is 1.21. The van der Waals surface area contributed by atoms with E-state index >= 15 is 0 Å². The molecule has 0 heterocycles. The van der Waals surface area contributed by atoms with Crippen molar-refractivity contribution in [1.29, 1.82) is 0 Å². The first-order chi connectivity index (χ1) is 6.81. The van der Waals surface area contributed by atoms with Gasteiger partial charge in [-0.1, -0.05) is 0 Å². The molecule has 0 aromatic heterocycles. The zero-order chi connectivity index (χ0) is 12.4. The first-order valence-electron chi connectivity index (χ1n) is 4.27. The molecule has 7 heteroatoms. The van der Waals surface area contributed by atoms with Crippen LogP contribution in [-0.2, 0) is 9.59 Å². The second kappa shape index (κ2) is 9.38. The molecule has 0 saturated heterocycles. The second-order valence-corrected chi connectivity index (χ2v) is 3.09. The van der Waals surface area contributed by atoms with Gasteiger partial charge in [0.15, 0.2) is 0 Å². The lowest BCUT2D eigenvalue weighted by atomic mass is 10.2. The second-order valence-electron chi connectivity index (χ2n) is 3.09. The van der Waals surface area contributed by atoms with E-state index in [1.54, 1.807) is 19.0 Å². The first-order valence-corrected chi connectivity index (χ1v) is 4.27. The van der Waals surface area contributed by atoms with Crippen LogP contribution in [0, 0.1) is 0 Å². The minimum atomic E-state index is -1.07. The topological polar surface area (TPSA) is 124 Å². The largest absolute Gasteiger partial charge is 0.480 e. The van der Waals surface area contributed by atoms with Gasteiger partial charge in [0.2, 0.25) is 0 Å². The van der Waals surface area contributed by atoms with Crippen LogP contribution in [0.15, 0.2) is 0 Å². The summed E-state index contributed by atoms with van der Waals surface area (Å²) in [5, 5.41) is 24.3. The Bertz CT molecular complexity index is 195. The summed E-state index contributed by atoms with van der Waals surface area (Å²) in [4.78, 5) is 21.2. The smallest absolute Gasteiger partial charge is 0.320 e. The van der Waals surface area contributed by atoms with E-state index in [9.17, 15) is 9.59 Å². The van der Waals surface area contributed by atoms with Crippen molar-refractivity contribution >= 4 is 11.9 Å². The van der Waals surface area contributed by atoms with E-state index < -0.39 is 18.0 Å². The molecule has 90 valence electrons. The number of nitrogens with zero attached hydrogens (tertiary/aromatic N) is 1. The van der Waals surface area contributed by atoms with Crippen LogP contribution in [0.25, 0.3) is 0 Å². The summed E-state index contributed by atoms with van der Waals surface area (Å²) in [6.45, 7) is -0.0620. The third-order valence-corrected chi connectivity index (χ3v) is 1.21. The van der Waals surface area contributed by atoms with Crippen LogP contribution in [-0.4, -0.2) is 65.4 Å². The van der Waals surface area contributed by atoms with Crippen molar-refractivity contribution in [2.24, 2.45) is 5.73 Å². The molecule has 0 aromatic rings. The molecule has 15 heavy (non-hydrogen) atoms. The molecule has 7 nitrogen and oxygen atoms in total. The maximum Gasteiger partial charge on any atom is 0.320 e. The number of carboxylic acid groups (broad SMARTS) is 2. The maximum atomic E-state index is 9.85. The van der Waals surface area contributed by atoms with Gasteiger partial charge in [-0.3, -0.25) is 14.5 Å². The van der Waals surface area contributed by atoms with E-state index in [0.29, 0.717) is 0 Å². The molecule has 0 saturated carbocycles. The number of aliphatic hydroxyl groups is 1. The Morgan fingerprint density at radius 3 is 1.87 bits per heavy atom. The molecule has 0 aliphatic heterocycles. The lowest BCUT2D eigenvalue weighted by Crippen LogP contribution is -2.30.